The summed E-state index contributed by atoms with van der Waals surface area (Å²) < 4.78 is 12.0. The third kappa shape index (κ3) is 3.77. The summed E-state index contributed by atoms with van der Waals surface area (Å²) in [7, 11) is 1.76. The summed E-state index contributed by atoms with van der Waals surface area (Å²) in [6.07, 6.45) is 4.19. The number of hydrogen-bond donors (Lipinski definition) is 1. The molecule has 2 aromatic rings. The average Bonchev–Trinajstić information content (AvgIpc) is 3.30. The molecule has 2 atom stereocenters. The number of thioether (sulfide) groups is 1. The van der Waals surface area contributed by atoms with E-state index in [0.717, 1.165) is 54.3 Å². The van der Waals surface area contributed by atoms with Crippen molar-refractivity contribution in [3.05, 3.63) is 52.6 Å². The molecule has 0 aliphatic carbocycles. The number of carbonyl (C=O) groups excluding carboxylic acids is 1. The van der Waals surface area contributed by atoms with Crippen molar-refractivity contribution in [1.82, 2.24) is 14.9 Å². The van der Waals surface area contributed by atoms with E-state index in [1.165, 1.54) is 6.33 Å². The van der Waals surface area contributed by atoms with Crippen LogP contribution in [0.1, 0.15) is 36.2 Å². The van der Waals surface area contributed by atoms with Crippen molar-refractivity contribution in [2.24, 2.45) is 5.73 Å². The van der Waals surface area contributed by atoms with Crippen LogP contribution < -0.4 is 5.73 Å². The summed E-state index contributed by atoms with van der Waals surface area (Å²) in [6.45, 7) is 1.55. The molecule has 2 N–H and O–H groups in total. The van der Waals surface area contributed by atoms with Crippen LogP contribution in [0.2, 0.25) is 5.02 Å². The van der Waals surface area contributed by atoms with Crippen molar-refractivity contribution < 1.29 is 14.3 Å². The molecule has 9 heteroatoms. The molecule has 7 nitrogen and oxygen atoms in total. The zero-order valence-corrected chi connectivity index (χ0v) is 19.6. The number of ketones is 1. The molecule has 0 amide bonds. The highest BCUT2D eigenvalue weighted by Crippen LogP contribution is 2.42. The molecule has 2 saturated heterocycles. The van der Waals surface area contributed by atoms with Gasteiger partial charge in [-0.25, -0.2) is 9.97 Å². The molecule has 4 heterocycles. The smallest absolute Gasteiger partial charge is 0.184 e. The van der Waals surface area contributed by atoms with Gasteiger partial charge in [-0.2, -0.15) is 0 Å². The predicted molar refractivity (Wildman–Crippen MR) is 123 cm³/mol. The average molecular weight is 475 g/mol. The summed E-state index contributed by atoms with van der Waals surface area (Å²) in [5.74, 6) is 0.827. The van der Waals surface area contributed by atoms with E-state index in [9.17, 15) is 4.79 Å². The Hall–Kier alpha value is -1.55. The number of ether oxygens (including phenoxy) is 2. The van der Waals surface area contributed by atoms with Crippen LogP contribution in [0.5, 0.6) is 0 Å². The molecular weight excluding hydrogens is 448 g/mol. The van der Waals surface area contributed by atoms with Crippen molar-refractivity contribution in [1.29, 1.82) is 0 Å². The molecule has 2 unspecified atom stereocenters. The first kappa shape index (κ1) is 22.3. The van der Waals surface area contributed by atoms with E-state index in [1.807, 2.05) is 24.3 Å². The van der Waals surface area contributed by atoms with E-state index in [2.05, 4.69) is 14.9 Å². The van der Waals surface area contributed by atoms with E-state index in [1.54, 1.807) is 18.9 Å². The SMILES string of the molecule is COC1(c2ccc(Cl)cc2)CCN(C2CC(N)(c3ncnc4c3SCC4)C(=O)CO2)CC1. The number of rotatable bonds is 4. The Bertz CT molecular complexity index is 1010. The standard InChI is InChI=1S/C23H27ClN4O3S/c1-30-22(15-2-4-16(24)5-3-15)7-9-28(10-8-22)19-12-23(25,18(29)13-31-19)21-20-17(6-11-32-20)26-14-27-21/h2-5,14,19H,6-13,25H2,1H3. The first-order valence-electron chi connectivity index (χ1n) is 10.9. The summed E-state index contributed by atoms with van der Waals surface area (Å²) in [5.41, 5.74) is 8.06. The number of aromatic nitrogens is 2. The Morgan fingerprint density at radius 3 is 2.72 bits per heavy atom. The fraction of sp³-hybridized carbons (Fsp3) is 0.522. The number of fused-ring (bicyclic) bond motifs is 1. The molecule has 170 valence electrons. The highest BCUT2D eigenvalue weighted by Gasteiger charge is 2.48. The van der Waals surface area contributed by atoms with Gasteiger partial charge in [0, 0.05) is 43.8 Å². The fourth-order valence-corrected chi connectivity index (χ4v) is 6.38. The van der Waals surface area contributed by atoms with Gasteiger partial charge in [0.15, 0.2) is 5.78 Å². The van der Waals surface area contributed by atoms with Crippen LogP contribution >= 0.6 is 23.4 Å². The van der Waals surface area contributed by atoms with Gasteiger partial charge >= 0.3 is 0 Å². The quantitative estimate of drug-likeness (QED) is 0.723. The number of aryl methyl sites for hydroxylation is 1. The van der Waals surface area contributed by atoms with Crippen LogP contribution in [-0.2, 0) is 31.8 Å². The molecule has 1 aromatic heterocycles. The first-order chi connectivity index (χ1) is 15.4. The van der Waals surface area contributed by atoms with Crippen LogP contribution in [0.3, 0.4) is 0 Å². The van der Waals surface area contributed by atoms with E-state index >= 15 is 0 Å². The lowest BCUT2D eigenvalue weighted by molar-refractivity contribution is -0.163. The summed E-state index contributed by atoms with van der Waals surface area (Å²) in [6, 6.07) is 7.88. The molecular formula is C23H27ClN4O3S. The van der Waals surface area contributed by atoms with Crippen LogP contribution in [0.25, 0.3) is 0 Å². The van der Waals surface area contributed by atoms with Gasteiger partial charge in [-0.05, 0) is 30.5 Å². The van der Waals surface area contributed by atoms with Gasteiger partial charge in [0.1, 0.15) is 24.7 Å². The highest BCUT2D eigenvalue weighted by molar-refractivity contribution is 7.99. The lowest BCUT2D eigenvalue weighted by atomic mass is 9.81. The van der Waals surface area contributed by atoms with E-state index in [0.29, 0.717) is 17.1 Å². The summed E-state index contributed by atoms with van der Waals surface area (Å²) in [5, 5.41) is 0.714. The minimum atomic E-state index is -1.15. The third-order valence-corrected chi connectivity index (χ3v) is 8.44. The van der Waals surface area contributed by atoms with Gasteiger partial charge in [0.25, 0.3) is 0 Å². The van der Waals surface area contributed by atoms with Crippen LogP contribution in [0, 0.1) is 0 Å². The summed E-state index contributed by atoms with van der Waals surface area (Å²) >= 11 is 7.76. The number of methoxy groups -OCH3 is 1. The van der Waals surface area contributed by atoms with Crippen molar-refractivity contribution >= 4 is 29.1 Å². The zero-order chi connectivity index (χ0) is 22.3. The molecule has 0 spiro atoms. The Morgan fingerprint density at radius 1 is 1.25 bits per heavy atom. The molecule has 2 fully saturated rings. The minimum absolute atomic E-state index is 0.00624. The molecule has 1 aromatic carbocycles. The Labute approximate surface area is 197 Å². The Kier molecular flexibility index (Phi) is 6.03. The molecule has 32 heavy (non-hydrogen) atoms. The number of likely N-dealkylation sites (tertiary alicyclic amines) is 1. The molecule has 0 saturated carbocycles. The maximum atomic E-state index is 12.9. The van der Waals surface area contributed by atoms with Crippen molar-refractivity contribution in [2.45, 2.75) is 47.9 Å². The van der Waals surface area contributed by atoms with Crippen LogP contribution in [-0.4, -0.2) is 59.4 Å². The number of hydrogen-bond acceptors (Lipinski definition) is 8. The molecule has 0 bridgehead atoms. The number of Topliss-reactive ketones (excluding diaryl/α,β-unsaturated/α-hetero) is 1. The molecule has 3 aliphatic heterocycles. The Morgan fingerprint density at radius 2 is 2.00 bits per heavy atom. The van der Waals surface area contributed by atoms with Crippen LogP contribution in [0.15, 0.2) is 35.5 Å². The number of carbonyl (C=O) groups is 1. The number of benzene rings is 1. The van der Waals surface area contributed by atoms with E-state index in [-0.39, 0.29) is 24.2 Å². The molecule has 3 aliphatic rings. The van der Waals surface area contributed by atoms with E-state index in [4.69, 9.17) is 26.8 Å². The first-order valence-corrected chi connectivity index (χ1v) is 12.3. The second-order valence-corrected chi connectivity index (χ2v) is 10.2. The number of halogens is 1. The summed E-state index contributed by atoms with van der Waals surface area (Å²) in [4.78, 5) is 25.0. The number of nitrogens with two attached hydrogens (primary N) is 1. The zero-order valence-electron chi connectivity index (χ0n) is 18.1. The van der Waals surface area contributed by atoms with E-state index < -0.39 is 5.54 Å². The van der Waals surface area contributed by atoms with Gasteiger partial charge in [0.2, 0.25) is 0 Å². The topological polar surface area (TPSA) is 90.6 Å². The van der Waals surface area contributed by atoms with Gasteiger partial charge in [0.05, 0.1) is 21.9 Å². The molecule has 0 radical (unpaired) electrons. The van der Waals surface area contributed by atoms with Gasteiger partial charge in [-0.1, -0.05) is 23.7 Å². The number of piperidine rings is 1. The second-order valence-electron chi connectivity index (χ2n) is 8.70. The lowest BCUT2D eigenvalue weighted by Gasteiger charge is -2.46. The minimum Gasteiger partial charge on any atom is -0.373 e. The van der Waals surface area contributed by atoms with Gasteiger partial charge in [-0.15, -0.1) is 11.8 Å². The lowest BCUT2D eigenvalue weighted by Crippen LogP contribution is -2.59. The van der Waals surface area contributed by atoms with Gasteiger partial charge < -0.3 is 15.2 Å². The van der Waals surface area contributed by atoms with Crippen molar-refractivity contribution in [2.75, 3.05) is 32.6 Å². The van der Waals surface area contributed by atoms with Crippen molar-refractivity contribution in [3.63, 3.8) is 0 Å². The predicted octanol–water partition coefficient (Wildman–Crippen LogP) is 2.89. The largest absolute Gasteiger partial charge is 0.373 e. The maximum Gasteiger partial charge on any atom is 0.184 e. The monoisotopic (exact) mass is 474 g/mol. The van der Waals surface area contributed by atoms with Gasteiger partial charge in [-0.3, -0.25) is 9.69 Å². The second kappa shape index (κ2) is 8.66. The molecule has 5 rings (SSSR count). The van der Waals surface area contributed by atoms with Crippen LogP contribution in [0.4, 0.5) is 0 Å². The maximum absolute atomic E-state index is 12.9. The third-order valence-electron chi connectivity index (χ3n) is 7.06. The highest BCUT2D eigenvalue weighted by atomic mass is 35.5. The number of nitrogens with zero attached hydrogens (tertiary/aromatic N) is 3. The Balaban J connectivity index is 1.34. The fourth-order valence-electron chi connectivity index (χ4n) is 5.06. The normalized spacial score (nSPS) is 28.0. The van der Waals surface area contributed by atoms with Crippen molar-refractivity contribution in [3.8, 4) is 0 Å².